The van der Waals surface area contributed by atoms with Gasteiger partial charge in [0.2, 0.25) is 0 Å². The summed E-state index contributed by atoms with van der Waals surface area (Å²) in [6.45, 7) is 6.65. The average molecular weight is 289 g/mol. The van der Waals surface area contributed by atoms with E-state index in [-0.39, 0.29) is 5.91 Å². The summed E-state index contributed by atoms with van der Waals surface area (Å²) in [6.07, 6.45) is 3.85. The molecule has 0 aliphatic rings. The van der Waals surface area contributed by atoms with Gasteiger partial charge in [0, 0.05) is 12.6 Å². The van der Waals surface area contributed by atoms with Gasteiger partial charge in [-0.1, -0.05) is 19.0 Å². The van der Waals surface area contributed by atoms with E-state index < -0.39 is 0 Å². The van der Waals surface area contributed by atoms with Gasteiger partial charge >= 0.3 is 0 Å². The summed E-state index contributed by atoms with van der Waals surface area (Å²) in [5, 5.41) is 9.54. The van der Waals surface area contributed by atoms with Crippen molar-refractivity contribution in [3.8, 4) is 0 Å². The van der Waals surface area contributed by atoms with Crippen LogP contribution in [-0.4, -0.2) is 27.6 Å². The lowest BCUT2D eigenvalue weighted by molar-refractivity contribution is 0.0946. The minimum atomic E-state index is -0.216. The molecule has 2 aromatic heterocycles. The van der Waals surface area contributed by atoms with Crippen molar-refractivity contribution in [2.24, 2.45) is 5.92 Å². The Morgan fingerprint density at radius 1 is 1.29 bits per heavy atom. The van der Waals surface area contributed by atoms with Crippen LogP contribution in [-0.2, 0) is 0 Å². The number of hydrogen-bond acceptors (Lipinski definition) is 6. The molecule has 21 heavy (non-hydrogen) atoms. The second-order valence-electron chi connectivity index (χ2n) is 5.17. The summed E-state index contributed by atoms with van der Waals surface area (Å²) in [5.74, 6) is 2.09. The monoisotopic (exact) mass is 289 g/mol. The van der Waals surface area contributed by atoms with Crippen LogP contribution in [0.3, 0.4) is 0 Å². The van der Waals surface area contributed by atoms with E-state index in [4.69, 9.17) is 4.52 Å². The van der Waals surface area contributed by atoms with Crippen LogP contribution in [0.15, 0.2) is 23.0 Å². The molecule has 2 rings (SSSR count). The fourth-order valence-corrected chi connectivity index (χ4v) is 1.63. The van der Waals surface area contributed by atoms with Crippen LogP contribution in [0.5, 0.6) is 0 Å². The maximum absolute atomic E-state index is 11.8. The molecular formula is C14H19N5O2. The molecule has 2 aromatic rings. The predicted molar refractivity (Wildman–Crippen MR) is 78.3 cm³/mol. The van der Waals surface area contributed by atoms with E-state index in [2.05, 4.69) is 39.6 Å². The van der Waals surface area contributed by atoms with E-state index in [1.165, 1.54) is 12.4 Å². The molecule has 7 nitrogen and oxygen atoms in total. The Morgan fingerprint density at radius 3 is 2.67 bits per heavy atom. The molecule has 0 aromatic carbocycles. The van der Waals surface area contributed by atoms with E-state index in [0.717, 1.165) is 6.42 Å². The first-order valence-corrected chi connectivity index (χ1v) is 6.85. The highest BCUT2D eigenvalue weighted by molar-refractivity contribution is 5.92. The Hall–Kier alpha value is -2.44. The average Bonchev–Trinajstić information content (AvgIpc) is 2.84. The van der Waals surface area contributed by atoms with E-state index in [1.807, 2.05) is 0 Å². The molecule has 0 atom stereocenters. The highest BCUT2D eigenvalue weighted by Gasteiger charge is 2.08. The summed E-state index contributed by atoms with van der Waals surface area (Å²) >= 11 is 0. The smallest absolute Gasteiger partial charge is 0.271 e. The summed E-state index contributed by atoms with van der Waals surface area (Å²) in [7, 11) is 0. The zero-order valence-corrected chi connectivity index (χ0v) is 12.4. The van der Waals surface area contributed by atoms with E-state index in [9.17, 15) is 4.79 Å². The minimum Gasteiger partial charge on any atom is -0.360 e. The van der Waals surface area contributed by atoms with Crippen molar-refractivity contribution in [2.45, 2.75) is 27.2 Å². The topological polar surface area (TPSA) is 92.9 Å². The van der Waals surface area contributed by atoms with Gasteiger partial charge in [-0.25, -0.2) is 9.97 Å². The number of aryl methyl sites for hydroxylation is 1. The van der Waals surface area contributed by atoms with Crippen molar-refractivity contribution in [1.82, 2.24) is 20.4 Å². The Bertz CT molecular complexity index is 592. The predicted octanol–water partition coefficient (Wildman–Crippen LogP) is 2.29. The van der Waals surface area contributed by atoms with Crippen LogP contribution in [0.25, 0.3) is 0 Å². The number of hydrogen-bond donors (Lipinski definition) is 2. The molecule has 0 aliphatic heterocycles. The fraction of sp³-hybridized carbons (Fsp3) is 0.429. The van der Waals surface area contributed by atoms with Crippen LogP contribution in [0.2, 0.25) is 0 Å². The van der Waals surface area contributed by atoms with Crippen molar-refractivity contribution in [3.63, 3.8) is 0 Å². The van der Waals surface area contributed by atoms with Gasteiger partial charge in [-0.3, -0.25) is 4.79 Å². The molecule has 0 aliphatic carbocycles. The number of carbonyl (C=O) groups excluding carboxylic acids is 1. The molecule has 0 bridgehead atoms. The van der Waals surface area contributed by atoms with Gasteiger partial charge in [-0.15, -0.1) is 0 Å². The summed E-state index contributed by atoms with van der Waals surface area (Å²) in [4.78, 5) is 20.1. The van der Waals surface area contributed by atoms with Crippen LogP contribution >= 0.6 is 0 Å². The summed E-state index contributed by atoms with van der Waals surface area (Å²) < 4.78 is 4.94. The first-order chi connectivity index (χ1) is 10.0. The zero-order chi connectivity index (χ0) is 15.2. The molecule has 0 radical (unpaired) electrons. The highest BCUT2D eigenvalue weighted by atomic mass is 16.5. The number of aromatic nitrogens is 3. The maximum atomic E-state index is 11.8. The van der Waals surface area contributed by atoms with Crippen molar-refractivity contribution < 1.29 is 9.32 Å². The first kappa shape index (κ1) is 15.0. The third-order valence-corrected chi connectivity index (χ3v) is 2.78. The summed E-state index contributed by atoms with van der Waals surface area (Å²) in [6, 6.07) is 1.74. The van der Waals surface area contributed by atoms with Crippen LogP contribution in [0.1, 0.15) is 36.5 Å². The molecule has 7 heteroatoms. The molecule has 1 amide bonds. The summed E-state index contributed by atoms with van der Waals surface area (Å²) in [5.41, 5.74) is 0.292. The first-order valence-electron chi connectivity index (χ1n) is 6.85. The molecule has 2 N–H and O–H groups in total. The van der Waals surface area contributed by atoms with Crippen molar-refractivity contribution in [3.05, 3.63) is 29.9 Å². The maximum Gasteiger partial charge on any atom is 0.271 e. The SMILES string of the molecule is Cc1cc(Nc2cnc(C(=O)NCCC(C)C)cn2)no1. The second-order valence-corrected chi connectivity index (χ2v) is 5.17. The largest absolute Gasteiger partial charge is 0.360 e. The lowest BCUT2D eigenvalue weighted by Crippen LogP contribution is -2.26. The zero-order valence-electron chi connectivity index (χ0n) is 12.4. The molecule has 0 unspecified atom stereocenters. The minimum absolute atomic E-state index is 0.216. The standard InChI is InChI=1S/C14H19N5O2/c1-9(2)4-5-15-14(20)11-7-17-13(8-16-11)18-12-6-10(3)21-19-12/h6-9H,4-5H2,1-3H3,(H,15,20)(H,17,18,19). The van der Waals surface area contributed by atoms with Gasteiger partial charge in [0.05, 0.1) is 12.4 Å². The quantitative estimate of drug-likeness (QED) is 0.847. The van der Waals surface area contributed by atoms with E-state index in [1.54, 1.807) is 13.0 Å². The Labute approximate surface area is 123 Å². The van der Waals surface area contributed by atoms with Crippen molar-refractivity contribution in [2.75, 3.05) is 11.9 Å². The molecule has 0 saturated carbocycles. The fourth-order valence-electron chi connectivity index (χ4n) is 1.63. The Kier molecular flexibility index (Phi) is 4.86. The number of rotatable bonds is 6. The van der Waals surface area contributed by atoms with Gasteiger partial charge in [-0.05, 0) is 19.3 Å². The molecule has 0 saturated heterocycles. The van der Waals surface area contributed by atoms with Gasteiger partial charge in [0.1, 0.15) is 17.3 Å². The van der Waals surface area contributed by atoms with Crippen molar-refractivity contribution in [1.29, 1.82) is 0 Å². The van der Waals surface area contributed by atoms with Crippen LogP contribution in [0.4, 0.5) is 11.6 Å². The van der Waals surface area contributed by atoms with Gasteiger partial charge in [0.15, 0.2) is 5.82 Å². The third kappa shape index (κ3) is 4.55. The van der Waals surface area contributed by atoms with Crippen molar-refractivity contribution >= 4 is 17.5 Å². The normalized spacial score (nSPS) is 10.7. The lowest BCUT2D eigenvalue weighted by atomic mass is 10.1. The number of anilines is 2. The highest BCUT2D eigenvalue weighted by Crippen LogP contribution is 2.13. The molecule has 112 valence electrons. The van der Waals surface area contributed by atoms with E-state index >= 15 is 0 Å². The van der Waals surface area contributed by atoms with Crippen LogP contribution < -0.4 is 10.6 Å². The van der Waals surface area contributed by atoms with Gasteiger partial charge in [-0.2, -0.15) is 0 Å². The van der Waals surface area contributed by atoms with E-state index in [0.29, 0.717) is 35.6 Å². The molecule has 0 fully saturated rings. The molecular weight excluding hydrogens is 270 g/mol. The number of nitrogens with zero attached hydrogens (tertiary/aromatic N) is 3. The second kappa shape index (κ2) is 6.83. The van der Waals surface area contributed by atoms with Gasteiger partial charge < -0.3 is 15.2 Å². The number of nitrogens with one attached hydrogen (secondary N) is 2. The van der Waals surface area contributed by atoms with Gasteiger partial charge in [0.25, 0.3) is 5.91 Å². The number of carbonyl (C=O) groups is 1. The van der Waals surface area contributed by atoms with Crippen LogP contribution in [0, 0.1) is 12.8 Å². The Balaban J connectivity index is 1.90. The lowest BCUT2D eigenvalue weighted by Gasteiger charge is -2.07. The molecule has 0 spiro atoms. The Morgan fingerprint density at radius 2 is 2.10 bits per heavy atom. The number of amides is 1. The molecule has 2 heterocycles. The third-order valence-electron chi connectivity index (χ3n) is 2.78.